The molecule has 0 aromatic heterocycles. The lowest BCUT2D eigenvalue weighted by Gasteiger charge is -2.28. The lowest BCUT2D eigenvalue weighted by molar-refractivity contribution is -0.157. The van der Waals surface area contributed by atoms with Gasteiger partial charge in [0.05, 0.1) is 6.04 Å². The van der Waals surface area contributed by atoms with Gasteiger partial charge in [-0.15, -0.1) is 12.4 Å². The van der Waals surface area contributed by atoms with Gasteiger partial charge in [-0.3, -0.25) is 0 Å². The Balaban J connectivity index is 0.00000264. The summed E-state index contributed by atoms with van der Waals surface area (Å²) in [4.78, 5) is 0. The Kier molecular flexibility index (Phi) is 7.89. The van der Waals surface area contributed by atoms with Crippen molar-refractivity contribution in [1.82, 2.24) is 5.06 Å². The molecule has 2 atom stereocenters. The normalized spacial score (nSPS) is 13.2. The van der Waals surface area contributed by atoms with Gasteiger partial charge in [-0.05, 0) is 50.1 Å². The summed E-state index contributed by atoms with van der Waals surface area (Å²) in [5.74, 6) is 1.05. The van der Waals surface area contributed by atoms with E-state index in [4.69, 9.17) is 4.74 Å². The van der Waals surface area contributed by atoms with Crippen LogP contribution in [0.1, 0.15) is 19.4 Å². The highest BCUT2D eigenvalue weighted by molar-refractivity contribution is 5.85. The molecule has 126 valence electrons. The number of aromatic hydroxyl groups is 1. The Morgan fingerprint density at radius 1 is 0.957 bits per heavy atom. The van der Waals surface area contributed by atoms with Crippen LogP contribution in [-0.2, 0) is 6.42 Å². The topological polar surface area (TPSA) is 52.9 Å². The van der Waals surface area contributed by atoms with Crippen molar-refractivity contribution >= 4 is 12.4 Å². The van der Waals surface area contributed by atoms with E-state index in [-0.39, 0.29) is 30.2 Å². The molecule has 2 unspecified atom stereocenters. The Morgan fingerprint density at radius 3 is 2.17 bits per heavy atom. The summed E-state index contributed by atoms with van der Waals surface area (Å²) in [5, 5.41) is 20.9. The summed E-state index contributed by atoms with van der Waals surface area (Å²) in [6, 6.07) is 16.5. The highest BCUT2D eigenvalue weighted by Crippen LogP contribution is 2.15. The molecule has 0 aliphatic heterocycles. The molecule has 5 heteroatoms. The van der Waals surface area contributed by atoms with E-state index in [9.17, 15) is 10.3 Å². The summed E-state index contributed by atoms with van der Waals surface area (Å²) in [7, 11) is 0. The number of benzene rings is 2. The summed E-state index contributed by atoms with van der Waals surface area (Å²) in [6.45, 7) is 4.31. The minimum absolute atomic E-state index is 0. The van der Waals surface area contributed by atoms with Gasteiger partial charge in [0.1, 0.15) is 18.1 Å². The molecule has 0 aliphatic rings. The van der Waals surface area contributed by atoms with Crippen molar-refractivity contribution in [2.24, 2.45) is 0 Å². The van der Waals surface area contributed by atoms with Crippen LogP contribution < -0.4 is 4.74 Å². The van der Waals surface area contributed by atoms with Crippen LogP contribution in [0.2, 0.25) is 0 Å². The molecule has 0 spiro atoms. The van der Waals surface area contributed by atoms with Crippen LogP contribution in [0.25, 0.3) is 0 Å². The molecule has 0 amide bonds. The van der Waals surface area contributed by atoms with Gasteiger partial charge in [-0.25, -0.2) is 0 Å². The highest BCUT2D eigenvalue weighted by Gasteiger charge is 2.19. The van der Waals surface area contributed by atoms with Crippen molar-refractivity contribution in [2.45, 2.75) is 32.4 Å². The van der Waals surface area contributed by atoms with Gasteiger partial charge in [0.15, 0.2) is 0 Å². The second kappa shape index (κ2) is 9.40. The molecular weight excluding hydrogens is 314 g/mol. The van der Waals surface area contributed by atoms with Crippen molar-refractivity contribution in [3.05, 3.63) is 60.2 Å². The number of phenolic OH excluding ortho intramolecular Hbond substituents is 1. The molecule has 0 saturated heterocycles. The van der Waals surface area contributed by atoms with Crippen molar-refractivity contribution in [2.75, 3.05) is 6.61 Å². The van der Waals surface area contributed by atoms with E-state index in [0.29, 0.717) is 13.0 Å². The average Bonchev–Trinajstić information content (AvgIpc) is 2.55. The molecule has 2 rings (SSSR count). The molecule has 0 heterocycles. The third kappa shape index (κ3) is 6.10. The van der Waals surface area contributed by atoms with Gasteiger partial charge in [0, 0.05) is 6.04 Å². The summed E-state index contributed by atoms with van der Waals surface area (Å²) < 4.78 is 5.67. The van der Waals surface area contributed by atoms with Crippen LogP contribution in [0, 0.1) is 0 Å². The maximum absolute atomic E-state index is 10.3. The fraction of sp³-hybridized carbons (Fsp3) is 0.333. The lowest BCUT2D eigenvalue weighted by Crippen LogP contribution is -2.41. The first-order valence-electron chi connectivity index (χ1n) is 7.49. The maximum Gasteiger partial charge on any atom is 0.119 e. The molecule has 4 nitrogen and oxygen atoms in total. The number of hydrogen-bond acceptors (Lipinski definition) is 4. The second-order valence-electron chi connectivity index (χ2n) is 5.57. The first-order chi connectivity index (χ1) is 10.6. The smallest absolute Gasteiger partial charge is 0.119 e. The number of nitrogens with zero attached hydrogens (tertiary/aromatic N) is 1. The minimum Gasteiger partial charge on any atom is -0.508 e. The van der Waals surface area contributed by atoms with E-state index >= 15 is 0 Å². The van der Waals surface area contributed by atoms with E-state index in [1.165, 1.54) is 5.06 Å². The van der Waals surface area contributed by atoms with Gasteiger partial charge in [0.25, 0.3) is 0 Å². The van der Waals surface area contributed by atoms with Gasteiger partial charge < -0.3 is 15.1 Å². The van der Waals surface area contributed by atoms with Crippen LogP contribution in [-0.4, -0.2) is 34.1 Å². The Morgan fingerprint density at radius 2 is 1.57 bits per heavy atom. The molecular formula is C18H24ClNO3. The zero-order valence-electron chi connectivity index (χ0n) is 13.4. The zero-order valence-corrected chi connectivity index (χ0v) is 14.2. The number of rotatable bonds is 7. The standard InChI is InChI=1S/C18H23NO3.ClH/c1-14(12-16-8-10-17(20)11-9-16)19(21)15(2)13-22-18-6-4-3-5-7-18;/h3-11,14-15,20-21H,12-13H2,1-2H3;1H. The number of halogens is 1. The van der Waals surface area contributed by atoms with Crippen LogP contribution in [0.3, 0.4) is 0 Å². The average molecular weight is 338 g/mol. The number of hydroxylamine groups is 2. The quantitative estimate of drug-likeness (QED) is 0.752. The third-order valence-corrected chi connectivity index (χ3v) is 3.61. The number of ether oxygens (including phenoxy) is 1. The highest BCUT2D eigenvalue weighted by atomic mass is 35.5. The third-order valence-electron chi connectivity index (χ3n) is 3.61. The number of hydrogen-bond donors (Lipinski definition) is 2. The molecule has 0 bridgehead atoms. The fourth-order valence-corrected chi connectivity index (χ4v) is 2.31. The first-order valence-corrected chi connectivity index (χ1v) is 7.49. The van der Waals surface area contributed by atoms with Crippen LogP contribution in [0.5, 0.6) is 11.5 Å². The van der Waals surface area contributed by atoms with Crippen LogP contribution in [0.15, 0.2) is 54.6 Å². The van der Waals surface area contributed by atoms with Gasteiger partial charge in [-0.1, -0.05) is 30.3 Å². The van der Waals surface area contributed by atoms with Gasteiger partial charge in [-0.2, -0.15) is 5.06 Å². The monoisotopic (exact) mass is 337 g/mol. The van der Waals surface area contributed by atoms with E-state index in [1.54, 1.807) is 12.1 Å². The first kappa shape index (κ1) is 19.3. The number of phenols is 1. The van der Waals surface area contributed by atoms with Gasteiger partial charge >= 0.3 is 0 Å². The van der Waals surface area contributed by atoms with Crippen LogP contribution >= 0.6 is 12.4 Å². The molecule has 2 N–H and O–H groups in total. The SMILES string of the molecule is CC(COc1ccccc1)N(O)C(C)Cc1ccc(O)cc1.Cl. The molecule has 0 fully saturated rings. The van der Waals surface area contributed by atoms with E-state index in [1.807, 2.05) is 56.3 Å². The molecule has 0 saturated carbocycles. The predicted octanol–water partition coefficient (Wildman–Crippen LogP) is 3.90. The van der Waals surface area contributed by atoms with Gasteiger partial charge in [0.2, 0.25) is 0 Å². The largest absolute Gasteiger partial charge is 0.508 e. The molecule has 0 aliphatic carbocycles. The summed E-state index contributed by atoms with van der Waals surface area (Å²) >= 11 is 0. The zero-order chi connectivity index (χ0) is 15.9. The van der Waals surface area contributed by atoms with Crippen LogP contribution in [0.4, 0.5) is 0 Å². The Hall–Kier alpha value is -1.75. The van der Waals surface area contributed by atoms with Crippen molar-refractivity contribution in [3.8, 4) is 11.5 Å². The fourth-order valence-electron chi connectivity index (χ4n) is 2.31. The predicted molar refractivity (Wildman–Crippen MR) is 93.5 cm³/mol. The van der Waals surface area contributed by atoms with Crippen molar-refractivity contribution in [3.63, 3.8) is 0 Å². The lowest BCUT2D eigenvalue weighted by atomic mass is 10.1. The summed E-state index contributed by atoms with van der Waals surface area (Å²) in [5.41, 5.74) is 1.07. The maximum atomic E-state index is 10.3. The second-order valence-corrected chi connectivity index (χ2v) is 5.57. The Bertz CT molecular complexity index is 562. The number of para-hydroxylation sites is 1. The molecule has 2 aromatic carbocycles. The minimum atomic E-state index is -0.118. The summed E-state index contributed by atoms with van der Waals surface area (Å²) in [6.07, 6.45) is 0.701. The van der Waals surface area contributed by atoms with Crippen molar-refractivity contribution < 1.29 is 15.1 Å². The molecule has 0 radical (unpaired) electrons. The molecule has 23 heavy (non-hydrogen) atoms. The molecule has 2 aromatic rings. The van der Waals surface area contributed by atoms with E-state index in [2.05, 4.69) is 0 Å². The van der Waals surface area contributed by atoms with E-state index < -0.39 is 0 Å². The van der Waals surface area contributed by atoms with E-state index in [0.717, 1.165) is 11.3 Å². The Labute approximate surface area is 143 Å². The van der Waals surface area contributed by atoms with Crippen molar-refractivity contribution in [1.29, 1.82) is 0 Å².